The van der Waals surface area contributed by atoms with Gasteiger partial charge in [-0.25, -0.2) is 0 Å². The molecule has 0 spiro atoms. The Morgan fingerprint density at radius 1 is 1.22 bits per heavy atom. The third kappa shape index (κ3) is 3.46. The molecule has 0 saturated heterocycles. The Morgan fingerprint density at radius 2 is 2.09 bits per heavy atom. The van der Waals surface area contributed by atoms with Crippen LogP contribution in [0, 0.1) is 0 Å². The zero-order valence-electron chi connectivity index (χ0n) is 12.0. The number of rotatable bonds is 5. The van der Waals surface area contributed by atoms with E-state index < -0.39 is 5.91 Å². The highest BCUT2D eigenvalue weighted by Gasteiger charge is 2.14. The molecule has 0 fully saturated rings. The largest absolute Gasteiger partial charge is 0.366 e. The third-order valence-electron chi connectivity index (χ3n) is 3.17. The molecule has 0 radical (unpaired) electrons. The summed E-state index contributed by atoms with van der Waals surface area (Å²) in [6.45, 7) is 0.265. The minimum Gasteiger partial charge on any atom is -0.366 e. The SMILES string of the molecule is NC(=O)c1cccc(CNC(=O)c2cc(-c3cccs3)on2)c1. The molecule has 0 atom stereocenters. The summed E-state index contributed by atoms with van der Waals surface area (Å²) in [5, 5.41) is 8.43. The van der Waals surface area contributed by atoms with Crippen molar-refractivity contribution in [2.45, 2.75) is 6.54 Å². The fourth-order valence-corrected chi connectivity index (χ4v) is 2.70. The van der Waals surface area contributed by atoms with E-state index in [0.717, 1.165) is 10.4 Å². The molecule has 3 aromatic rings. The maximum absolute atomic E-state index is 12.1. The first-order valence-corrected chi connectivity index (χ1v) is 7.69. The molecule has 3 N–H and O–H groups in total. The molecule has 2 aromatic heterocycles. The first-order chi connectivity index (χ1) is 11.1. The topological polar surface area (TPSA) is 98.2 Å². The molecule has 6 nitrogen and oxygen atoms in total. The van der Waals surface area contributed by atoms with Gasteiger partial charge < -0.3 is 15.6 Å². The van der Waals surface area contributed by atoms with Crippen LogP contribution < -0.4 is 11.1 Å². The van der Waals surface area contributed by atoms with Crippen LogP contribution in [0.5, 0.6) is 0 Å². The van der Waals surface area contributed by atoms with E-state index in [1.807, 2.05) is 17.5 Å². The van der Waals surface area contributed by atoms with Gasteiger partial charge in [0.25, 0.3) is 5.91 Å². The Labute approximate surface area is 135 Å². The van der Waals surface area contributed by atoms with Crippen molar-refractivity contribution in [2.75, 3.05) is 0 Å². The van der Waals surface area contributed by atoms with Crippen molar-refractivity contribution in [3.63, 3.8) is 0 Å². The van der Waals surface area contributed by atoms with Crippen molar-refractivity contribution >= 4 is 23.2 Å². The second-order valence-electron chi connectivity index (χ2n) is 4.80. The molecule has 23 heavy (non-hydrogen) atoms. The van der Waals surface area contributed by atoms with Crippen molar-refractivity contribution in [1.82, 2.24) is 10.5 Å². The zero-order chi connectivity index (χ0) is 16.2. The van der Waals surface area contributed by atoms with Gasteiger partial charge in [0.2, 0.25) is 5.91 Å². The van der Waals surface area contributed by atoms with Crippen molar-refractivity contribution in [2.24, 2.45) is 5.73 Å². The molecular weight excluding hydrogens is 314 g/mol. The van der Waals surface area contributed by atoms with E-state index in [9.17, 15) is 9.59 Å². The maximum Gasteiger partial charge on any atom is 0.273 e. The van der Waals surface area contributed by atoms with Crippen molar-refractivity contribution in [1.29, 1.82) is 0 Å². The standard InChI is InChI=1S/C16H13N3O3S/c17-15(20)11-4-1-3-10(7-11)9-18-16(21)12-8-13(22-19-12)14-5-2-6-23-14/h1-8H,9H2,(H2,17,20)(H,18,21). The van der Waals surface area contributed by atoms with Crippen molar-refractivity contribution in [3.8, 4) is 10.6 Å². The first kappa shape index (κ1) is 15.0. The van der Waals surface area contributed by atoms with Crippen LogP contribution in [0.1, 0.15) is 26.4 Å². The summed E-state index contributed by atoms with van der Waals surface area (Å²) in [6.07, 6.45) is 0. The summed E-state index contributed by atoms with van der Waals surface area (Å²) < 4.78 is 5.17. The van der Waals surface area contributed by atoms with Gasteiger partial charge in [-0.1, -0.05) is 23.4 Å². The number of amides is 2. The number of aromatic nitrogens is 1. The number of nitrogens with two attached hydrogens (primary N) is 1. The molecule has 0 unspecified atom stereocenters. The van der Waals surface area contributed by atoms with Gasteiger partial charge in [0.15, 0.2) is 11.5 Å². The Morgan fingerprint density at radius 3 is 2.83 bits per heavy atom. The molecule has 0 aliphatic rings. The molecule has 0 aliphatic carbocycles. The van der Waals surface area contributed by atoms with E-state index in [2.05, 4.69) is 10.5 Å². The number of hydrogen-bond donors (Lipinski definition) is 2. The maximum atomic E-state index is 12.1. The summed E-state index contributed by atoms with van der Waals surface area (Å²) >= 11 is 1.51. The Hall–Kier alpha value is -2.93. The normalized spacial score (nSPS) is 10.4. The molecule has 2 amide bonds. The summed E-state index contributed by atoms with van der Waals surface area (Å²) in [4.78, 5) is 24.1. The fourth-order valence-electron chi connectivity index (χ4n) is 2.02. The van der Waals surface area contributed by atoms with E-state index in [1.54, 1.807) is 30.3 Å². The lowest BCUT2D eigenvalue weighted by atomic mass is 10.1. The minimum absolute atomic E-state index is 0.208. The van der Waals surface area contributed by atoms with Crippen molar-refractivity contribution < 1.29 is 14.1 Å². The smallest absolute Gasteiger partial charge is 0.273 e. The monoisotopic (exact) mass is 327 g/mol. The Balaban J connectivity index is 1.66. The molecule has 3 rings (SSSR count). The summed E-state index contributed by atoms with van der Waals surface area (Å²) in [6, 6.07) is 12.2. The van der Waals surface area contributed by atoms with Crippen LogP contribution in [0.25, 0.3) is 10.6 Å². The zero-order valence-corrected chi connectivity index (χ0v) is 12.8. The van der Waals surface area contributed by atoms with Gasteiger partial charge in [0.1, 0.15) is 0 Å². The van der Waals surface area contributed by atoms with Gasteiger partial charge in [-0.3, -0.25) is 9.59 Å². The van der Waals surface area contributed by atoms with Gasteiger partial charge in [-0.2, -0.15) is 0 Å². The average Bonchev–Trinajstić information content (AvgIpc) is 3.23. The number of nitrogens with one attached hydrogen (secondary N) is 1. The lowest BCUT2D eigenvalue weighted by molar-refractivity contribution is 0.0941. The number of thiophene rings is 1. The molecule has 0 bridgehead atoms. The van der Waals surface area contributed by atoms with E-state index >= 15 is 0 Å². The molecule has 1 aromatic carbocycles. The van der Waals surface area contributed by atoms with Crippen LogP contribution in [0.2, 0.25) is 0 Å². The lowest BCUT2D eigenvalue weighted by Crippen LogP contribution is -2.23. The number of carbonyl (C=O) groups is 2. The Kier molecular flexibility index (Phi) is 4.20. The number of primary amides is 1. The molecule has 7 heteroatoms. The molecule has 0 aliphatic heterocycles. The van der Waals surface area contributed by atoms with Gasteiger partial charge in [-0.15, -0.1) is 11.3 Å². The highest BCUT2D eigenvalue weighted by Crippen LogP contribution is 2.25. The van der Waals surface area contributed by atoms with Crippen LogP contribution in [-0.4, -0.2) is 17.0 Å². The fraction of sp³-hybridized carbons (Fsp3) is 0.0625. The molecular formula is C16H13N3O3S. The molecule has 116 valence electrons. The van der Waals surface area contributed by atoms with Gasteiger partial charge in [-0.05, 0) is 29.1 Å². The predicted molar refractivity (Wildman–Crippen MR) is 85.9 cm³/mol. The second-order valence-corrected chi connectivity index (χ2v) is 5.75. The van der Waals surface area contributed by atoms with Crippen LogP contribution >= 0.6 is 11.3 Å². The minimum atomic E-state index is -0.504. The van der Waals surface area contributed by atoms with E-state index in [4.69, 9.17) is 10.3 Å². The van der Waals surface area contributed by atoms with Gasteiger partial charge >= 0.3 is 0 Å². The van der Waals surface area contributed by atoms with Crippen LogP contribution in [0.4, 0.5) is 0 Å². The summed E-state index contributed by atoms with van der Waals surface area (Å²) in [7, 11) is 0. The van der Waals surface area contributed by atoms with E-state index in [0.29, 0.717) is 11.3 Å². The van der Waals surface area contributed by atoms with Crippen LogP contribution in [-0.2, 0) is 6.54 Å². The number of carbonyl (C=O) groups excluding carboxylic acids is 2. The predicted octanol–water partition coefficient (Wildman–Crippen LogP) is 2.43. The van der Waals surface area contributed by atoms with Crippen LogP contribution in [0.15, 0.2) is 52.4 Å². The van der Waals surface area contributed by atoms with Crippen LogP contribution in [0.3, 0.4) is 0 Å². The first-order valence-electron chi connectivity index (χ1n) is 6.81. The van der Waals surface area contributed by atoms with E-state index in [1.165, 1.54) is 11.3 Å². The highest BCUT2D eigenvalue weighted by molar-refractivity contribution is 7.13. The second kappa shape index (κ2) is 6.45. The summed E-state index contributed by atoms with van der Waals surface area (Å²) in [5.41, 5.74) is 6.61. The number of hydrogen-bond acceptors (Lipinski definition) is 5. The van der Waals surface area contributed by atoms with Crippen molar-refractivity contribution in [3.05, 3.63) is 64.7 Å². The van der Waals surface area contributed by atoms with Gasteiger partial charge in [0, 0.05) is 18.2 Å². The highest BCUT2D eigenvalue weighted by atomic mass is 32.1. The van der Waals surface area contributed by atoms with E-state index in [-0.39, 0.29) is 18.1 Å². The quantitative estimate of drug-likeness (QED) is 0.752. The average molecular weight is 327 g/mol. The Bertz CT molecular complexity index is 840. The molecule has 2 heterocycles. The van der Waals surface area contributed by atoms with Gasteiger partial charge in [0.05, 0.1) is 4.88 Å². The summed E-state index contributed by atoms with van der Waals surface area (Å²) in [5.74, 6) is -0.294. The lowest BCUT2D eigenvalue weighted by Gasteiger charge is -2.04. The number of benzene rings is 1. The number of nitrogens with zero attached hydrogens (tertiary/aromatic N) is 1. The third-order valence-corrected chi connectivity index (χ3v) is 4.06. The molecule has 0 saturated carbocycles.